The topological polar surface area (TPSA) is 69.5 Å². The molecule has 9 heteroatoms. The molecular formula is C28H31ClFeN4O3+2. The summed E-state index contributed by atoms with van der Waals surface area (Å²) in [4.78, 5) is 14.9. The number of unbranched alkanes of at least 4 members (excludes halogenated alkanes) is 3. The zero-order valence-electron chi connectivity index (χ0n) is 20.6. The van der Waals surface area contributed by atoms with Gasteiger partial charge in [-0.3, -0.25) is 9.48 Å². The van der Waals surface area contributed by atoms with Gasteiger partial charge >= 0.3 is 17.1 Å². The van der Waals surface area contributed by atoms with E-state index in [0.717, 1.165) is 55.6 Å². The van der Waals surface area contributed by atoms with Crippen LogP contribution in [-0.4, -0.2) is 40.7 Å². The number of ether oxygens (including phenoxy) is 2. The second-order valence-electron chi connectivity index (χ2n) is 9.14. The van der Waals surface area contributed by atoms with Crippen LogP contribution in [0.3, 0.4) is 0 Å². The van der Waals surface area contributed by atoms with Crippen LogP contribution in [0.5, 0.6) is 0 Å². The molecule has 0 radical (unpaired) electrons. The molecule has 2 aromatic rings. The van der Waals surface area contributed by atoms with E-state index < -0.39 is 5.79 Å². The number of rotatable bonds is 8. The van der Waals surface area contributed by atoms with E-state index in [-0.39, 0.29) is 28.9 Å². The minimum Gasteiger partial charge on any atom is -0.336 e. The van der Waals surface area contributed by atoms with Gasteiger partial charge in [0.05, 0.1) is 24.6 Å². The molecule has 1 fully saturated rings. The van der Waals surface area contributed by atoms with Crippen LogP contribution in [0.1, 0.15) is 49.3 Å². The molecule has 37 heavy (non-hydrogen) atoms. The van der Waals surface area contributed by atoms with E-state index in [4.69, 9.17) is 21.1 Å². The van der Waals surface area contributed by atoms with Gasteiger partial charge < -0.3 is 14.4 Å². The fourth-order valence-corrected chi connectivity index (χ4v) is 4.99. The monoisotopic (exact) mass is 562 g/mol. The van der Waals surface area contributed by atoms with Crippen molar-refractivity contribution in [2.24, 2.45) is 0 Å². The molecule has 1 aromatic heterocycles. The smallest absolute Gasteiger partial charge is 0.336 e. The van der Waals surface area contributed by atoms with Crippen molar-refractivity contribution >= 4 is 23.2 Å². The molecule has 2 aliphatic carbocycles. The number of aromatic nitrogens is 3. The molecule has 1 saturated heterocycles. The number of carbonyl (C=O) groups is 1. The molecule has 2 aliphatic heterocycles. The summed E-state index contributed by atoms with van der Waals surface area (Å²) in [5.74, 6) is -1.21. The molecule has 194 valence electrons. The SMILES string of the molecule is C1=CCC=C1.O=C1N(CCCCCCn2cc(C3C=CC=C3)nn2)c2ccc(Cl)cc2C12OCCO2.[Fe+2]. The van der Waals surface area contributed by atoms with Gasteiger partial charge in [0.2, 0.25) is 0 Å². The zero-order chi connectivity index (χ0) is 24.8. The van der Waals surface area contributed by atoms with E-state index in [1.807, 2.05) is 29.1 Å². The van der Waals surface area contributed by atoms with Gasteiger partial charge in [0, 0.05) is 35.8 Å². The maximum absolute atomic E-state index is 13.1. The predicted molar refractivity (Wildman–Crippen MR) is 140 cm³/mol. The number of benzene rings is 1. The van der Waals surface area contributed by atoms with E-state index in [1.54, 1.807) is 17.0 Å². The molecule has 1 spiro atoms. The summed E-state index contributed by atoms with van der Waals surface area (Å²) in [6, 6.07) is 5.47. The number of allylic oxidation sites excluding steroid dienone is 8. The number of fused-ring (bicyclic) bond motifs is 2. The third-order valence-corrected chi connectivity index (χ3v) is 6.88. The molecular weight excluding hydrogens is 532 g/mol. The molecule has 0 saturated carbocycles. The van der Waals surface area contributed by atoms with E-state index in [1.165, 1.54) is 0 Å². The average molecular weight is 563 g/mol. The van der Waals surface area contributed by atoms with Crippen LogP contribution in [0.15, 0.2) is 73.0 Å². The normalized spacial score (nSPS) is 18.5. The van der Waals surface area contributed by atoms with Crippen LogP contribution >= 0.6 is 11.6 Å². The number of carbonyl (C=O) groups excluding carboxylic acids is 1. The van der Waals surface area contributed by atoms with Crippen LogP contribution in [0.2, 0.25) is 5.02 Å². The maximum Gasteiger partial charge on any atom is 2.00 e. The summed E-state index contributed by atoms with van der Waals surface area (Å²) < 4.78 is 13.4. The van der Waals surface area contributed by atoms with Crippen molar-refractivity contribution in [2.75, 3.05) is 24.7 Å². The van der Waals surface area contributed by atoms with Crippen molar-refractivity contribution in [1.82, 2.24) is 15.0 Å². The predicted octanol–water partition coefficient (Wildman–Crippen LogP) is 5.45. The Morgan fingerprint density at radius 2 is 1.68 bits per heavy atom. The molecule has 3 heterocycles. The Kier molecular flexibility index (Phi) is 9.57. The van der Waals surface area contributed by atoms with Crippen molar-refractivity contribution in [3.05, 3.63) is 89.3 Å². The Balaban J connectivity index is 0.000000479. The molecule has 0 bridgehead atoms. The number of halogens is 1. The fourth-order valence-electron chi connectivity index (χ4n) is 4.82. The molecule has 0 N–H and O–H groups in total. The summed E-state index contributed by atoms with van der Waals surface area (Å²) in [6.45, 7) is 2.30. The first-order chi connectivity index (χ1) is 17.7. The number of hydrogen-bond donors (Lipinski definition) is 0. The minimum absolute atomic E-state index is 0. The van der Waals surface area contributed by atoms with E-state index in [2.05, 4.69) is 46.8 Å². The van der Waals surface area contributed by atoms with Gasteiger partial charge in [0.15, 0.2) is 0 Å². The fraction of sp³-hybridized carbons (Fsp3) is 0.393. The van der Waals surface area contributed by atoms with E-state index in [9.17, 15) is 4.79 Å². The summed E-state index contributed by atoms with van der Waals surface area (Å²) >= 11 is 6.17. The van der Waals surface area contributed by atoms with Crippen molar-refractivity contribution in [1.29, 1.82) is 0 Å². The first-order valence-electron chi connectivity index (χ1n) is 12.6. The van der Waals surface area contributed by atoms with Crippen molar-refractivity contribution in [3.8, 4) is 0 Å². The summed E-state index contributed by atoms with van der Waals surface area (Å²) in [5.41, 5.74) is 2.54. The zero-order valence-corrected chi connectivity index (χ0v) is 22.5. The summed E-state index contributed by atoms with van der Waals surface area (Å²) in [6.07, 6.45) is 23.8. The summed E-state index contributed by atoms with van der Waals surface area (Å²) in [7, 11) is 0. The van der Waals surface area contributed by atoms with Gasteiger partial charge in [-0.1, -0.05) is 78.3 Å². The Morgan fingerprint density at radius 3 is 2.35 bits per heavy atom. The number of hydrogen-bond acceptors (Lipinski definition) is 5. The summed E-state index contributed by atoms with van der Waals surface area (Å²) in [5, 5.41) is 9.07. The Morgan fingerprint density at radius 1 is 0.973 bits per heavy atom. The molecule has 1 amide bonds. The largest absolute Gasteiger partial charge is 2.00 e. The second-order valence-corrected chi connectivity index (χ2v) is 9.58. The number of amides is 1. The first-order valence-corrected chi connectivity index (χ1v) is 13.0. The van der Waals surface area contributed by atoms with Crippen LogP contribution in [0.4, 0.5) is 5.69 Å². The van der Waals surface area contributed by atoms with E-state index >= 15 is 0 Å². The molecule has 0 atom stereocenters. The van der Waals surface area contributed by atoms with Crippen molar-refractivity contribution in [2.45, 2.75) is 50.4 Å². The van der Waals surface area contributed by atoms with Gasteiger partial charge in [-0.05, 0) is 37.5 Å². The third-order valence-electron chi connectivity index (χ3n) is 6.64. The standard InChI is InChI=1S/C23H25ClN4O3.C5H6.Fe/c24-18-9-10-21-19(15-18)23(30-13-14-31-23)22(29)28(21)12-6-2-1-5-11-27-16-20(25-26-27)17-7-3-4-8-17;1-2-4-5-3-1;/h3-4,7-10,15-17H,1-2,5-6,11-14H2;1-4H,5H2;/q;;+2. The molecule has 4 aliphatic rings. The molecule has 6 rings (SSSR count). The van der Waals surface area contributed by atoms with Crippen LogP contribution < -0.4 is 4.90 Å². The Bertz CT molecular complexity index is 1180. The number of aryl methyl sites for hydroxylation is 1. The second kappa shape index (κ2) is 12.9. The maximum atomic E-state index is 13.1. The van der Waals surface area contributed by atoms with Crippen LogP contribution in [-0.2, 0) is 43.7 Å². The molecule has 0 unspecified atom stereocenters. The van der Waals surface area contributed by atoms with Crippen molar-refractivity contribution in [3.63, 3.8) is 0 Å². The van der Waals surface area contributed by atoms with Crippen LogP contribution in [0.25, 0.3) is 0 Å². The number of anilines is 1. The quantitative estimate of drug-likeness (QED) is 0.316. The van der Waals surface area contributed by atoms with Gasteiger partial charge in [0.1, 0.15) is 0 Å². The van der Waals surface area contributed by atoms with Gasteiger partial charge in [-0.15, -0.1) is 5.10 Å². The Labute approximate surface area is 233 Å². The minimum atomic E-state index is -1.31. The van der Waals surface area contributed by atoms with Gasteiger partial charge in [-0.25, -0.2) is 0 Å². The first kappa shape index (κ1) is 27.6. The van der Waals surface area contributed by atoms with Gasteiger partial charge in [-0.2, -0.15) is 0 Å². The molecule has 1 aromatic carbocycles. The molecule has 7 nitrogen and oxygen atoms in total. The third kappa shape index (κ3) is 6.16. The van der Waals surface area contributed by atoms with Crippen molar-refractivity contribution < 1.29 is 31.3 Å². The Hall–Kier alpha value is -2.48. The van der Waals surface area contributed by atoms with Crippen LogP contribution in [0, 0.1) is 0 Å². The van der Waals surface area contributed by atoms with Gasteiger partial charge in [0.25, 0.3) is 11.7 Å². The van der Waals surface area contributed by atoms with E-state index in [0.29, 0.717) is 24.8 Å². The number of nitrogens with zero attached hydrogens (tertiary/aromatic N) is 4. The average Bonchev–Trinajstić information content (AvgIpc) is 3.73.